The van der Waals surface area contributed by atoms with E-state index in [0.717, 1.165) is 12.1 Å². The molecule has 4 nitrogen and oxygen atoms in total. The number of halogens is 2. The molecule has 0 aliphatic rings. The first kappa shape index (κ1) is 15.9. The minimum atomic E-state index is -4.09. The molecule has 0 aliphatic carbocycles. The van der Waals surface area contributed by atoms with Gasteiger partial charge in [-0.25, -0.2) is 12.8 Å². The Hall–Kier alpha value is -1.14. The average molecular weight is 308 g/mol. The largest absolute Gasteiger partial charge is 0.339 e. The van der Waals surface area contributed by atoms with Gasteiger partial charge < -0.3 is 4.90 Å². The van der Waals surface area contributed by atoms with Gasteiger partial charge in [0.25, 0.3) is 15.0 Å². The lowest BCUT2D eigenvalue weighted by Gasteiger charge is -2.19. The Labute approximate surface area is 116 Å². The summed E-state index contributed by atoms with van der Waals surface area (Å²) >= 11 is 0. The molecule has 0 aromatic heterocycles. The van der Waals surface area contributed by atoms with Gasteiger partial charge in [-0.1, -0.05) is 0 Å². The lowest BCUT2D eigenvalue weighted by Crippen LogP contribution is -2.30. The first-order valence-electron chi connectivity index (χ1n) is 5.76. The fourth-order valence-electron chi connectivity index (χ4n) is 1.72. The monoisotopic (exact) mass is 307 g/mol. The van der Waals surface area contributed by atoms with E-state index in [4.69, 9.17) is 10.7 Å². The van der Waals surface area contributed by atoms with Crippen molar-refractivity contribution < 1.29 is 17.6 Å². The van der Waals surface area contributed by atoms with Crippen LogP contribution in [-0.4, -0.2) is 32.3 Å². The molecule has 1 amide bonds. The second-order valence-electron chi connectivity index (χ2n) is 4.00. The minimum absolute atomic E-state index is 0.0222. The summed E-state index contributed by atoms with van der Waals surface area (Å²) in [5.41, 5.74) is -0.114. The molecule has 0 atom stereocenters. The van der Waals surface area contributed by atoms with Crippen molar-refractivity contribution in [3.63, 3.8) is 0 Å². The molecular weight excluding hydrogens is 293 g/mol. The Morgan fingerprint density at radius 2 is 1.84 bits per heavy atom. The summed E-state index contributed by atoms with van der Waals surface area (Å²) in [6, 6.07) is 2.14. The highest BCUT2D eigenvalue weighted by Crippen LogP contribution is 2.24. The third-order valence-electron chi connectivity index (χ3n) is 2.86. The third-order valence-corrected chi connectivity index (χ3v) is 4.31. The van der Waals surface area contributed by atoms with Crippen molar-refractivity contribution in [2.75, 3.05) is 13.1 Å². The lowest BCUT2D eigenvalue weighted by molar-refractivity contribution is 0.0772. The molecule has 0 aliphatic heterocycles. The Bertz CT molecular complexity index is 597. The zero-order chi connectivity index (χ0) is 14.8. The second kappa shape index (κ2) is 5.88. The van der Waals surface area contributed by atoms with Crippen molar-refractivity contribution in [3.05, 3.63) is 29.1 Å². The molecule has 7 heteroatoms. The van der Waals surface area contributed by atoms with Gasteiger partial charge in [-0.15, -0.1) is 0 Å². The SMILES string of the molecule is CCN(CC)C(=O)c1cc(F)c(C)c(S(=O)(=O)Cl)c1. The lowest BCUT2D eigenvalue weighted by atomic mass is 10.1. The maximum Gasteiger partial charge on any atom is 0.261 e. The number of carbonyl (C=O) groups is 1. The van der Waals surface area contributed by atoms with E-state index in [1.54, 1.807) is 13.8 Å². The first-order chi connectivity index (χ1) is 8.72. The summed E-state index contributed by atoms with van der Waals surface area (Å²) in [7, 11) is 1.15. The van der Waals surface area contributed by atoms with Crippen LogP contribution in [0.3, 0.4) is 0 Å². The number of nitrogens with zero attached hydrogens (tertiary/aromatic N) is 1. The standard InChI is InChI=1S/C12H15ClFNO3S/c1-4-15(5-2)12(16)9-6-10(14)8(3)11(7-9)19(13,17)18/h6-7H,4-5H2,1-3H3. The zero-order valence-corrected chi connectivity index (χ0v) is 12.5. The molecule has 0 unspecified atom stereocenters. The van der Waals surface area contributed by atoms with E-state index in [1.807, 2.05) is 0 Å². The Kier molecular flexibility index (Phi) is 4.92. The topological polar surface area (TPSA) is 54.5 Å². The number of carbonyl (C=O) groups excluding carboxylic acids is 1. The van der Waals surface area contributed by atoms with E-state index in [-0.39, 0.29) is 16.0 Å². The molecule has 106 valence electrons. The van der Waals surface area contributed by atoms with Gasteiger partial charge >= 0.3 is 0 Å². The third kappa shape index (κ3) is 3.45. The predicted molar refractivity (Wildman–Crippen MR) is 71.4 cm³/mol. The van der Waals surface area contributed by atoms with Crippen LogP contribution in [0.5, 0.6) is 0 Å². The smallest absolute Gasteiger partial charge is 0.261 e. The van der Waals surface area contributed by atoms with Crippen LogP contribution >= 0.6 is 10.7 Å². The highest BCUT2D eigenvalue weighted by atomic mass is 35.7. The Balaban J connectivity index is 3.40. The molecule has 0 spiro atoms. The molecular formula is C12H15ClFNO3S. The number of benzene rings is 1. The quantitative estimate of drug-likeness (QED) is 0.803. The maximum absolute atomic E-state index is 13.7. The van der Waals surface area contributed by atoms with Gasteiger partial charge in [-0.05, 0) is 32.9 Å². The van der Waals surface area contributed by atoms with Gasteiger partial charge in [0.2, 0.25) is 0 Å². The van der Waals surface area contributed by atoms with Crippen molar-refractivity contribution in [1.82, 2.24) is 4.90 Å². The summed E-state index contributed by atoms with van der Waals surface area (Å²) in [5.74, 6) is -1.19. The van der Waals surface area contributed by atoms with Gasteiger partial charge in [0.05, 0.1) is 4.90 Å². The van der Waals surface area contributed by atoms with Crippen molar-refractivity contribution in [1.29, 1.82) is 0 Å². The number of hydrogen-bond acceptors (Lipinski definition) is 3. The van der Waals surface area contributed by atoms with Crippen LogP contribution in [0.15, 0.2) is 17.0 Å². The van der Waals surface area contributed by atoms with E-state index in [0.29, 0.717) is 13.1 Å². The molecule has 1 aromatic carbocycles. The Morgan fingerprint density at radius 3 is 2.26 bits per heavy atom. The highest BCUT2D eigenvalue weighted by molar-refractivity contribution is 8.13. The minimum Gasteiger partial charge on any atom is -0.339 e. The van der Waals surface area contributed by atoms with E-state index < -0.39 is 20.8 Å². The molecule has 19 heavy (non-hydrogen) atoms. The van der Waals surface area contributed by atoms with Crippen molar-refractivity contribution in [3.8, 4) is 0 Å². The van der Waals surface area contributed by atoms with Crippen molar-refractivity contribution in [2.45, 2.75) is 25.7 Å². The van der Waals surface area contributed by atoms with Crippen molar-refractivity contribution in [2.24, 2.45) is 0 Å². The number of hydrogen-bond donors (Lipinski definition) is 0. The van der Waals surface area contributed by atoms with Gasteiger partial charge in [0, 0.05) is 34.9 Å². The van der Waals surface area contributed by atoms with Crippen LogP contribution in [-0.2, 0) is 9.05 Å². The van der Waals surface area contributed by atoms with Gasteiger partial charge in [0.1, 0.15) is 5.82 Å². The van der Waals surface area contributed by atoms with Crippen LogP contribution in [0.25, 0.3) is 0 Å². The van der Waals surface area contributed by atoms with Crippen LogP contribution in [0.4, 0.5) is 4.39 Å². The number of rotatable bonds is 4. The van der Waals surface area contributed by atoms with E-state index >= 15 is 0 Å². The summed E-state index contributed by atoms with van der Waals surface area (Å²) in [6.07, 6.45) is 0. The molecule has 0 saturated carbocycles. The molecule has 1 aromatic rings. The fraction of sp³-hybridized carbons (Fsp3) is 0.417. The predicted octanol–water partition coefficient (Wildman–Crippen LogP) is 2.54. The highest BCUT2D eigenvalue weighted by Gasteiger charge is 2.21. The molecule has 0 bridgehead atoms. The van der Waals surface area contributed by atoms with E-state index in [1.165, 1.54) is 11.8 Å². The molecule has 0 radical (unpaired) electrons. The second-order valence-corrected chi connectivity index (χ2v) is 6.53. The molecule has 0 heterocycles. The van der Waals surface area contributed by atoms with Gasteiger partial charge in [-0.2, -0.15) is 0 Å². The van der Waals surface area contributed by atoms with Crippen LogP contribution in [0.2, 0.25) is 0 Å². The summed E-state index contributed by atoms with van der Waals surface area (Å²) in [6.45, 7) is 5.77. The van der Waals surface area contributed by atoms with Gasteiger partial charge in [0.15, 0.2) is 0 Å². The van der Waals surface area contributed by atoms with Crippen LogP contribution < -0.4 is 0 Å². The molecule has 0 fully saturated rings. The number of amides is 1. The maximum atomic E-state index is 13.7. The molecule has 0 saturated heterocycles. The summed E-state index contributed by atoms with van der Waals surface area (Å²) in [5, 5.41) is 0. The normalized spacial score (nSPS) is 11.4. The molecule has 0 N–H and O–H groups in total. The fourth-order valence-corrected chi connectivity index (χ4v) is 2.94. The van der Waals surface area contributed by atoms with E-state index in [2.05, 4.69) is 0 Å². The molecule has 1 rings (SSSR count). The Morgan fingerprint density at radius 1 is 1.32 bits per heavy atom. The van der Waals surface area contributed by atoms with Crippen LogP contribution in [0, 0.1) is 12.7 Å². The summed E-state index contributed by atoms with van der Waals surface area (Å²) < 4.78 is 36.4. The van der Waals surface area contributed by atoms with E-state index in [9.17, 15) is 17.6 Å². The first-order valence-corrected chi connectivity index (χ1v) is 8.07. The van der Waals surface area contributed by atoms with Gasteiger partial charge in [-0.3, -0.25) is 4.79 Å². The zero-order valence-electron chi connectivity index (χ0n) is 10.9. The average Bonchev–Trinajstić information content (AvgIpc) is 2.32. The van der Waals surface area contributed by atoms with Crippen LogP contribution in [0.1, 0.15) is 29.8 Å². The van der Waals surface area contributed by atoms with Crippen molar-refractivity contribution >= 4 is 25.6 Å². The summed E-state index contributed by atoms with van der Waals surface area (Å²) in [4.78, 5) is 13.2.